The second kappa shape index (κ2) is 15.0. The summed E-state index contributed by atoms with van der Waals surface area (Å²) < 4.78 is 2.63. The second-order valence-corrected chi connectivity index (χ2v) is 22.3. The van der Waals surface area contributed by atoms with E-state index in [1.807, 2.05) is 11.3 Å². The zero-order valence-corrected chi connectivity index (χ0v) is 41.5. The fourth-order valence-corrected chi connectivity index (χ4v) is 16.4. The van der Waals surface area contributed by atoms with Gasteiger partial charge in [0.05, 0.1) is 16.8 Å². The van der Waals surface area contributed by atoms with Crippen molar-refractivity contribution >= 4 is 80.9 Å². The Bertz CT molecular complexity index is 4500. The van der Waals surface area contributed by atoms with Crippen LogP contribution >= 0.6 is 11.3 Å². The van der Waals surface area contributed by atoms with Gasteiger partial charge in [-0.1, -0.05) is 213 Å². The fourth-order valence-electron chi connectivity index (χ4n) is 15.2. The van der Waals surface area contributed by atoms with Gasteiger partial charge in [0.2, 0.25) is 0 Å². The van der Waals surface area contributed by atoms with Gasteiger partial charge in [-0.2, -0.15) is 0 Å². The first-order chi connectivity index (χ1) is 36.7. The summed E-state index contributed by atoms with van der Waals surface area (Å²) in [4.78, 5) is 2.74. The van der Waals surface area contributed by atoms with E-state index in [4.69, 9.17) is 0 Å². The molecule has 0 atom stereocenters. The summed E-state index contributed by atoms with van der Waals surface area (Å²) in [6, 6.07) is 91.1. The van der Waals surface area contributed by atoms with Crippen LogP contribution < -0.4 is 4.90 Å². The third-order valence-corrected chi connectivity index (χ3v) is 19.2. The topological polar surface area (TPSA) is 3.24 Å². The van der Waals surface area contributed by atoms with Crippen molar-refractivity contribution in [2.24, 2.45) is 0 Å². The summed E-state index contributed by atoms with van der Waals surface area (Å²) in [5.74, 6) is 0. The van der Waals surface area contributed by atoms with Crippen LogP contribution in [0.2, 0.25) is 0 Å². The van der Waals surface area contributed by atoms with Crippen molar-refractivity contribution < 1.29 is 0 Å². The van der Waals surface area contributed by atoms with Crippen molar-refractivity contribution in [1.29, 1.82) is 0 Å². The largest absolute Gasteiger partial charge is 0.310 e. The van der Waals surface area contributed by atoms with Crippen LogP contribution in [0.4, 0.5) is 17.1 Å². The Hall–Kier alpha value is -8.56. The molecule has 1 nitrogen and oxygen atoms in total. The van der Waals surface area contributed by atoms with Crippen molar-refractivity contribution in [2.75, 3.05) is 4.90 Å². The van der Waals surface area contributed by atoms with E-state index in [1.165, 1.54) is 155 Å². The molecule has 1 heterocycles. The Morgan fingerprint density at radius 2 is 0.797 bits per heavy atom. The number of nitrogens with zero attached hydrogens (tertiary/aromatic N) is 1. The van der Waals surface area contributed by atoms with Gasteiger partial charge in [-0.3, -0.25) is 0 Å². The zero-order valence-electron chi connectivity index (χ0n) is 40.7. The van der Waals surface area contributed by atoms with Gasteiger partial charge in [-0.15, -0.1) is 11.3 Å². The highest BCUT2D eigenvalue weighted by molar-refractivity contribution is 7.26. The number of rotatable bonds is 4. The fraction of sp³-hybridized carbons (Fsp3) is 0.0833. The predicted octanol–water partition coefficient (Wildman–Crippen LogP) is 19.8. The van der Waals surface area contributed by atoms with Crippen molar-refractivity contribution in [3.05, 3.63) is 270 Å². The molecule has 0 bridgehead atoms. The molecule has 13 aromatic rings. The van der Waals surface area contributed by atoms with Crippen molar-refractivity contribution in [3.63, 3.8) is 0 Å². The summed E-state index contributed by atoms with van der Waals surface area (Å²) >= 11 is 1.93. The van der Waals surface area contributed by atoms with Gasteiger partial charge in [-0.25, -0.2) is 0 Å². The Morgan fingerprint density at radius 1 is 0.311 bits per heavy atom. The van der Waals surface area contributed by atoms with E-state index in [2.05, 4.69) is 241 Å². The Balaban J connectivity index is 1.06. The van der Waals surface area contributed by atoms with Gasteiger partial charge in [0.15, 0.2) is 0 Å². The molecule has 0 N–H and O–H groups in total. The molecule has 0 aliphatic heterocycles. The van der Waals surface area contributed by atoms with Crippen LogP contribution in [-0.2, 0) is 10.8 Å². The average molecular weight is 958 g/mol. The molecule has 1 fully saturated rings. The SMILES string of the molecule is c1ccc2c(c1)-c1cccc(N(c3ccc4c5ccccc5c5ccccc5c4c3)c3cc4c(cc3-c3cccc5c3sc3ccccc35)-c3ccccc3C43c4ccccc4-c4ccccc43)c1C21CCCC1. The van der Waals surface area contributed by atoms with Crippen LogP contribution in [0.5, 0.6) is 0 Å². The van der Waals surface area contributed by atoms with Gasteiger partial charge >= 0.3 is 0 Å². The Kier molecular flexibility index (Phi) is 8.31. The monoisotopic (exact) mass is 957 g/mol. The molecule has 346 valence electrons. The summed E-state index contributed by atoms with van der Waals surface area (Å²) in [5, 5.41) is 10.3. The minimum absolute atomic E-state index is 0.0936. The molecule has 0 saturated heterocycles. The highest BCUT2D eigenvalue weighted by Crippen LogP contribution is 2.66. The van der Waals surface area contributed by atoms with E-state index in [-0.39, 0.29) is 5.41 Å². The average Bonchev–Trinajstić information content (AvgIpc) is 4.41. The minimum atomic E-state index is -0.526. The first-order valence-corrected chi connectivity index (χ1v) is 27.3. The molecule has 4 aliphatic rings. The van der Waals surface area contributed by atoms with E-state index in [0.717, 1.165) is 18.5 Å². The number of hydrogen-bond donors (Lipinski definition) is 0. The lowest BCUT2D eigenvalue weighted by atomic mass is 9.70. The zero-order chi connectivity index (χ0) is 48.3. The maximum Gasteiger partial charge on any atom is 0.0726 e. The first-order valence-electron chi connectivity index (χ1n) is 26.5. The molecule has 0 unspecified atom stereocenters. The molecule has 2 spiro atoms. The predicted molar refractivity (Wildman–Crippen MR) is 313 cm³/mol. The molecular weight excluding hydrogens is 911 g/mol. The van der Waals surface area contributed by atoms with E-state index < -0.39 is 5.41 Å². The normalized spacial score (nSPS) is 15.0. The molecule has 1 saturated carbocycles. The maximum absolute atomic E-state index is 2.74. The standard InChI is InChI=1S/C72H47NS/c1-2-21-47-45(19-1)46-20-3-4-22-48(46)58-41-44(37-38-49(47)58)73(66-35-18-28-55-52-25-5-10-31-61(52)71(69(55)66)39-15-16-40-71)67-43-65-59(42-60(67)57-30-17-29-56-54-27-9-14-36-68(54)74-70(56)57)53-26-8-13-34-64(53)72(65)62-32-11-6-23-50(62)51-24-7-12-33-63(51)72/h1-14,17-38,41-43H,15-16,39-40H2. The Labute approximate surface area is 434 Å². The smallest absolute Gasteiger partial charge is 0.0726 e. The van der Waals surface area contributed by atoms with Crippen molar-refractivity contribution in [1.82, 2.24) is 0 Å². The van der Waals surface area contributed by atoms with Gasteiger partial charge in [0.25, 0.3) is 0 Å². The molecular formula is C72H47NS. The third-order valence-electron chi connectivity index (χ3n) is 18.0. The second-order valence-electron chi connectivity index (χ2n) is 21.3. The molecule has 17 rings (SSSR count). The molecule has 0 radical (unpaired) electrons. The lowest BCUT2D eigenvalue weighted by Crippen LogP contribution is -2.27. The van der Waals surface area contributed by atoms with Crippen LogP contribution in [0.1, 0.15) is 59.1 Å². The number of thiophene rings is 1. The third kappa shape index (κ3) is 5.18. The van der Waals surface area contributed by atoms with Gasteiger partial charge < -0.3 is 4.90 Å². The van der Waals surface area contributed by atoms with E-state index >= 15 is 0 Å². The number of anilines is 3. The molecule has 2 heteroatoms. The van der Waals surface area contributed by atoms with Crippen LogP contribution in [0.3, 0.4) is 0 Å². The molecule has 0 amide bonds. The number of fused-ring (bicyclic) bond motifs is 24. The first kappa shape index (κ1) is 41.0. The van der Waals surface area contributed by atoms with Crippen molar-refractivity contribution in [3.8, 4) is 44.5 Å². The van der Waals surface area contributed by atoms with E-state index in [0.29, 0.717) is 0 Å². The number of benzene rings is 12. The summed E-state index contributed by atoms with van der Waals surface area (Å²) in [6.07, 6.45) is 4.71. The Morgan fingerprint density at radius 3 is 1.46 bits per heavy atom. The highest BCUT2D eigenvalue weighted by atomic mass is 32.1. The summed E-state index contributed by atoms with van der Waals surface area (Å²) in [7, 11) is 0. The van der Waals surface area contributed by atoms with Gasteiger partial charge in [-0.05, 0) is 148 Å². The lowest BCUT2D eigenvalue weighted by Gasteiger charge is -2.36. The van der Waals surface area contributed by atoms with Crippen molar-refractivity contribution in [2.45, 2.75) is 36.5 Å². The van der Waals surface area contributed by atoms with E-state index in [1.54, 1.807) is 0 Å². The molecule has 12 aromatic carbocycles. The molecule has 1 aromatic heterocycles. The summed E-state index contributed by atoms with van der Waals surface area (Å²) in [5.41, 5.74) is 21.9. The molecule has 4 aliphatic carbocycles. The molecule has 74 heavy (non-hydrogen) atoms. The van der Waals surface area contributed by atoms with Crippen LogP contribution in [-0.4, -0.2) is 0 Å². The minimum Gasteiger partial charge on any atom is -0.310 e. The summed E-state index contributed by atoms with van der Waals surface area (Å²) in [6.45, 7) is 0. The number of hydrogen-bond acceptors (Lipinski definition) is 2. The van der Waals surface area contributed by atoms with Crippen LogP contribution in [0.25, 0.3) is 97.0 Å². The quantitative estimate of drug-likeness (QED) is 0.159. The van der Waals surface area contributed by atoms with Crippen LogP contribution in [0, 0.1) is 0 Å². The van der Waals surface area contributed by atoms with E-state index in [9.17, 15) is 0 Å². The van der Waals surface area contributed by atoms with Gasteiger partial charge in [0, 0.05) is 42.4 Å². The lowest BCUT2D eigenvalue weighted by molar-refractivity contribution is 0.550. The highest BCUT2D eigenvalue weighted by Gasteiger charge is 2.53. The van der Waals surface area contributed by atoms with Crippen LogP contribution in [0.15, 0.2) is 237 Å². The maximum atomic E-state index is 2.74. The van der Waals surface area contributed by atoms with Gasteiger partial charge in [0.1, 0.15) is 0 Å².